The predicted molar refractivity (Wildman–Crippen MR) is 104 cm³/mol. The van der Waals surface area contributed by atoms with Crippen molar-refractivity contribution in [2.24, 2.45) is 0 Å². The standard InChI is InChI=1S/C21H23F3N2O3/c1-13(2)15-9-8-14(3)10-18(15)29-11-19(27)26-17-7-5-4-6-16(17)20(28)25-12-21(22,23)24/h4-10,13H,11-12H2,1-3H3,(H,25,28)(H,26,27). The second-order valence-corrected chi connectivity index (χ2v) is 6.88. The summed E-state index contributed by atoms with van der Waals surface area (Å²) in [5, 5.41) is 4.31. The van der Waals surface area contributed by atoms with Crippen molar-refractivity contribution in [2.45, 2.75) is 32.9 Å². The van der Waals surface area contributed by atoms with Gasteiger partial charge in [-0.2, -0.15) is 13.2 Å². The number of carbonyl (C=O) groups excluding carboxylic acids is 2. The number of nitrogens with one attached hydrogen (secondary N) is 2. The zero-order valence-electron chi connectivity index (χ0n) is 16.4. The van der Waals surface area contributed by atoms with E-state index in [2.05, 4.69) is 5.32 Å². The number of benzene rings is 2. The van der Waals surface area contributed by atoms with Gasteiger partial charge in [0.25, 0.3) is 11.8 Å². The average molecular weight is 408 g/mol. The number of rotatable bonds is 7. The molecule has 0 saturated carbocycles. The van der Waals surface area contributed by atoms with Crippen molar-refractivity contribution in [3.63, 3.8) is 0 Å². The van der Waals surface area contributed by atoms with Gasteiger partial charge in [-0.05, 0) is 42.2 Å². The Bertz CT molecular complexity index is 880. The quantitative estimate of drug-likeness (QED) is 0.712. The van der Waals surface area contributed by atoms with Gasteiger partial charge in [0.1, 0.15) is 12.3 Å². The second-order valence-electron chi connectivity index (χ2n) is 6.88. The van der Waals surface area contributed by atoms with Gasteiger partial charge >= 0.3 is 6.18 Å². The number of amides is 2. The van der Waals surface area contributed by atoms with E-state index in [1.165, 1.54) is 18.2 Å². The summed E-state index contributed by atoms with van der Waals surface area (Å²) in [4.78, 5) is 24.3. The van der Waals surface area contributed by atoms with Crippen LogP contribution in [0.15, 0.2) is 42.5 Å². The SMILES string of the molecule is Cc1ccc(C(C)C)c(OCC(=O)Nc2ccccc2C(=O)NCC(F)(F)F)c1. The highest BCUT2D eigenvalue weighted by Gasteiger charge is 2.28. The summed E-state index contributed by atoms with van der Waals surface area (Å²) < 4.78 is 42.6. The van der Waals surface area contributed by atoms with Crippen molar-refractivity contribution in [3.05, 3.63) is 59.2 Å². The number of alkyl halides is 3. The van der Waals surface area contributed by atoms with Crippen molar-refractivity contribution >= 4 is 17.5 Å². The molecule has 2 aromatic rings. The Morgan fingerprint density at radius 2 is 1.79 bits per heavy atom. The van der Waals surface area contributed by atoms with Gasteiger partial charge in [0.15, 0.2) is 6.61 Å². The van der Waals surface area contributed by atoms with Crippen molar-refractivity contribution in [2.75, 3.05) is 18.5 Å². The minimum absolute atomic E-state index is 0.0662. The zero-order chi connectivity index (χ0) is 21.6. The molecular formula is C21H23F3N2O3. The van der Waals surface area contributed by atoms with Crippen molar-refractivity contribution in [1.29, 1.82) is 0 Å². The highest BCUT2D eigenvalue weighted by molar-refractivity contribution is 6.04. The van der Waals surface area contributed by atoms with E-state index in [4.69, 9.17) is 4.74 Å². The molecule has 0 aliphatic rings. The summed E-state index contributed by atoms with van der Waals surface area (Å²) in [6, 6.07) is 11.6. The molecule has 0 saturated heterocycles. The van der Waals surface area contributed by atoms with Crippen LogP contribution in [0, 0.1) is 6.92 Å². The predicted octanol–water partition coefficient (Wildman–Crippen LogP) is 4.43. The lowest BCUT2D eigenvalue weighted by Crippen LogP contribution is -2.34. The minimum Gasteiger partial charge on any atom is -0.483 e. The Hall–Kier alpha value is -3.03. The van der Waals surface area contributed by atoms with Crippen LogP contribution in [-0.2, 0) is 4.79 Å². The third-order valence-corrected chi connectivity index (χ3v) is 4.05. The van der Waals surface area contributed by atoms with Crippen LogP contribution >= 0.6 is 0 Å². The smallest absolute Gasteiger partial charge is 0.405 e. The molecular weight excluding hydrogens is 385 g/mol. The molecule has 0 unspecified atom stereocenters. The van der Waals surface area contributed by atoms with Crippen molar-refractivity contribution in [1.82, 2.24) is 5.32 Å². The maximum absolute atomic E-state index is 12.3. The van der Waals surface area contributed by atoms with Gasteiger partial charge in [-0.3, -0.25) is 9.59 Å². The van der Waals surface area contributed by atoms with E-state index in [9.17, 15) is 22.8 Å². The molecule has 0 bridgehead atoms. The van der Waals surface area contributed by atoms with E-state index in [-0.39, 0.29) is 23.8 Å². The largest absolute Gasteiger partial charge is 0.483 e. The van der Waals surface area contributed by atoms with Gasteiger partial charge in [0.2, 0.25) is 0 Å². The molecule has 0 heterocycles. The fourth-order valence-corrected chi connectivity index (χ4v) is 2.64. The lowest BCUT2D eigenvalue weighted by Gasteiger charge is -2.16. The zero-order valence-corrected chi connectivity index (χ0v) is 16.4. The first-order valence-corrected chi connectivity index (χ1v) is 9.04. The fraction of sp³-hybridized carbons (Fsp3) is 0.333. The van der Waals surface area contributed by atoms with Crippen LogP contribution in [0.2, 0.25) is 0 Å². The molecule has 0 radical (unpaired) electrons. The third kappa shape index (κ3) is 6.81. The Balaban J connectivity index is 2.05. The molecule has 2 N–H and O–H groups in total. The Kier molecular flexibility index (Phi) is 7.25. The van der Waals surface area contributed by atoms with Crippen LogP contribution in [0.3, 0.4) is 0 Å². The Labute approximate surface area is 167 Å². The lowest BCUT2D eigenvalue weighted by atomic mass is 10.0. The Morgan fingerprint density at radius 1 is 1.10 bits per heavy atom. The van der Waals surface area contributed by atoms with Crippen molar-refractivity contribution in [3.8, 4) is 5.75 Å². The Morgan fingerprint density at radius 3 is 2.45 bits per heavy atom. The number of aryl methyl sites for hydroxylation is 1. The third-order valence-electron chi connectivity index (χ3n) is 4.05. The molecule has 29 heavy (non-hydrogen) atoms. The second kappa shape index (κ2) is 9.45. The maximum atomic E-state index is 12.3. The van der Waals surface area contributed by atoms with Crippen LogP contribution in [-0.4, -0.2) is 31.1 Å². The van der Waals surface area contributed by atoms with Gasteiger partial charge in [0.05, 0.1) is 11.3 Å². The van der Waals surface area contributed by atoms with Crippen LogP contribution < -0.4 is 15.4 Å². The van der Waals surface area contributed by atoms with E-state index >= 15 is 0 Å². The summed E-state index contributed by atoms with van der Waals surface area (Å²) >= 11 is 0. The molecule has 0 aliphatic heterocycles. The molecule has 2 aromatic carbocycles. The van der Waals surface area contributed by atoms with Crippen molar-refractivity contribution < 1.29 is 27.5 Å². The number of halogens is 3. The summed E-state index contributed by atoms with van der Waals surface area (Å²) in [6.07, 6.45) is -4.52. The molecule has 0 fully saturated rings. The first kappa shape index (κ1) is 22.3. The summed E-state index contributed by atoms with van der Waals surface area (Å²) in [7, 11) is 0. The van der Waals surface area contributed by atoms with E-state index in [0.29, 0.717) is 5.75 Å². The number of anilines is 1. The monoisotopic (exact) mass is 408 g/mol. The number of ether oxygens (including phenoxy) is 1. The maximum Gasteiger partial charge on any atom is 0.405 e. The summed E-state index contributed by atoms with van der Waals surface area (Å²) in [6.45, 7) is 4.16. The van der Waals surface area contributed by atoms with Crippen LogP contribution in [0.25, 0.3) is 0 Å². The number of para-hydroxylation sites is 1. The molecule has 0 spiro atoms. The van der Waals surface area contributed by atoms with E-state index in [0.717, 1.165) is 11.1 Å². The minimum atomic E-state index is -4.52. The molecule has 8 heteroatoms. The molecule has 2 amide bonds. The molecule has 0 aromatic heterocycles. The normalized spacial score (nSPS) is 11.3. The van der Waals surface area contributed by atoms with E-state index in [1.54, 1.807) is 11.4 Å². The van der Waals surface area contributed by atoms with Crippen LogP contribution in [0.4, 0.5) is 18.9 Å². The first-order chi connectivity index (χ1) is 13.6. The van der Waals surface area contributed by atoms with Gasteiger partial charge in [-0.25, -0.2) is 0 Å². The topological polar surface area (TPSA) is 67.4 Å². The lowest BCUT2D eigenvalue weighted by molar-refractivity contribution is -0.123. The highest BCUT2D eigenvalue weighted by Crippen LogP contribution is 2.27. The van der Waals surface area contributed by atoms with Crippen LogP contribution in [0.5, 0.6) is 5.75 Å². The first-order valence-electron chi connectivity index (χ1n) is 9.04. The number of hydrogen-bond acceptors (Lipinski definition) is 3. The molecule has 0 aliphatic carbocycles. The molecule has 5 nitrogen and oxygen atoms in total. The van der Waals surface area contributed by atoms with Gasteiger partial charge in [0, 0.05) is 0 Å². The molecule has 0 atom stereocenters. The summed E-state index contributed by atoms with van der Waals surface area (Å²) in [5.74, 6) is -0.671. The highest BCUT2D eigenvalue weighted by atomic mass is 19.4. The summed E-state index contributed by atoms with van der Waals surface area (Å²) in [5.41, 5.74) is 1.98. The van der Waals surface area contributed by atoms with Gasteiger partial charge < -0.3 is 15.4 Å². The van der Waals surface area contributed by atoms with E-state index in [1.807, 2.05) is 39.0 Å². The number of carbonyl (C=O) groups is 2. The van der Waals surface area contributed by atoms with E-state index < -0.39 is 24.5 Å². The number of hydrogen-bond donors (Lipinski definition) is 2. The fourth-order valence-electron chi connectivity index (χ4n) is 2.64. The van der Waals surface area contributed by atoms with Gasteiger partial charge in [-0.1, -0.05) is 38.1 Å². The molecule has 156 valence electrons. The average Bonchev–Trinajstić information content (AvgIpc) is 2.64. The van der Waals surface area contributed by atoms with Gasteiger partial charge in [-0.15, -0.1) is 0 Å². The molecule has 2 rings (SSSR count). The van der Waals surface area contributed by atoms with Crippen LogP contribution in [0.1, 0.15) is 41.3 Å².